The first-order valence-electron chi connectivity index (χ1n) is 6.92. The summed E-state index contributed by atoms with van der Waals surface area (Å²) in [6.45, 7) is 4.71. The lowest BCUT2D eigenvalue weighted by Gasteiger charge is -2.19. The molecule has 0 amide bonds. The largest absolute Gasteiger partial charge is 0.491 e. The van der Waals surface area contributed by atoms with E-state index in [0.29, 0.717) is 18.9 Å². The van der Waals surface area contributed by atoms with Gasteiger partial charge in [0, 0.05) is 6.54 Å². The SMILES string of the molecule is CC(C)Oc1ccc(S(=O)(=O)N2CCCCCO2)cc1. The van der Waals surface area contributed by atoms with Gasteiger partial charge >= 0.3 is 0 Å². The summed E-state index contributed by atoms with van der Waals surface area (Å²) >= 11 is 0. The zero-order valence-corrected chi connectivity index (χ0v) is 12.7. The van der Waals surface area contributed by atoms with Crippen molar-refractivity contribution >= 4 is 10.0 Å². The van der Waals surface area contributed by atoms with E-state index in [9.17, 15) is 8.42 Å². The van der Waals surface area contributed by atoms with Crippen LogP contribution in [0.25, 0.3) is 0 Å². The molecule has 0 aromatic heterocycles. The normalized spacial score (nSPS) is 17.9. The lowest BCUT2D eigenvalue weighted by molar-refractivity contribution is -0.0748. The third-order valence-electron chi connectivity index (χ3n) is 2.98. The van der Waals surface area contributed by atoms with Crippen molar-refractivity contribution in [3.63, 3.8) is 0 Å². The van der Waals surface area contributed by atoms with Gasteiger partial charge in [0.05, 0.1) is 17.6 Å². The molecule has 1 fully saturated rings. The van der Waals surface area contributed by atoms with Crippen LogP contribution in [-0.2, 0) is 14.9 Å². The van der Waals surface area contributed by atoms with Crippen molar-refractivity contribution in [2.45, 2.75) is 44.1 Å². The molecule has 1 aromatic carbocycles. The summed E-state index contributed by atoms with van der Waals surface area (Å²) in [5.41, 5.74) is 0. The molecule has 0 atom stereocenters. The molecule has 0 N–H and O–H groups in total. The minimum absolute atomic E-state index is 0.0615. The smallest absolute Gasteiger partial charge is 0.265 e. The van der Waals surface area contributed by atoms with Gasteiger partial charge in [0.1, 0.15) is 5.75 Å². The van der Waals surface area contributed by atoms with Crippen molar-refractivity contribution < 1.29 is 18.0 Å². The molecule has 112 valence electrons. The second-order valence-electron chi connectivity index (χ2n) is 5.06. The Bertz CT molecular complexity index is 517. The Kier molecular flexibility index (Phi) is 5.01. The maximum Gasteiger partial charge on any atom is 0.265 e. The summed E-state index contributed by atoms with van der Waals surface area (Å²) < 4.78 is 31.5. The molecule has 0 radical (unpaired) electrons. The van der Waals surface area contributed by atoms with Gasteiger partial charge in [-0.3, -0.25) is 4.84 Å². The maximum atomic E-state index is 12.4. The van der Waals surface area contributed by atoms with Gasteiger partial charge in [-0.1, -0.05) is 4.47 Å². The molecular weight excluding hydrogens is 278 g/mol. The quantitative estimate of drug-likeness (QED) is 0.857. The fourth-order valence-electron chi connectivity index (χ4n) is 2.02. The van der Waals surface area contributed by atoms with Gasteiger partial charge in [0.25, 0.3) is 10.0 Å². The highest BCUT2D eigenvalue weighted by molar-refractivity contribution is 7.89. The third kappa shape index (κ3) is 3.71. The van der Waals surface area contributed by atoms with E-state index in [-0.39, 0.29) is 11.0 Å². The van der Waals surface area contributed by atoms with Crippen molar-refractivity contribution in [2.75, 3.05) is 13.2 Å². The standard InChI is InChI=1S/C14H21NO4S/c1-12(2)19-13-6-8-14(9-7-13)20(16,17)15-10-4-3-5-11-18-15/h6-9,12H,3-5,10-11H2,1-2H3. The molecule has 1 aromatic rings. The predicted octanol–water partition coefficient (Wildman–Crippen LogP) is 2.58. The number of rotatable bonds is 4. The molecule has 0 spiro atoms. The number of hydrogen-bond acceptors (Lipinski definition) is 4. The van der Waals surface area contributed by atoms with E-state index in [4.69, 9.17) is 9.57 Å². The average Bonchev–Trinajstić information content (AvgIpc) is 2.68. The summed E-state index contributed by atoms with van der Waals surface area (Å²) in [5.74, 6) is 0.663. The Morgan fingerprint density at radius 3 is 2.50 bits per heavy atom. The predicted molar refractivity (Wildman–Crippen MR) is 75.9 cm³/mol. The Labute approximate surface area is 120 Å². The van der Waals surface area contributed by atoms with Crippen LogP contribution in [0.15, 0.2) is 29.2 Å². The fraction of sp³-hybridized carbons (Fsp3) is 0.571. The molecule has 2 rings (SSSR count). The van der Waals surface area contributed by atoms with E-state index in [2.05, 4.69) is 0 Å². The molecular formula is C14H21NO4S. The number of hydrogen-bond donors (Lipinski definition) is 0. The highest BCUT2D eigenvalue weighted by Crippen LogP contribution is 2.22. The van der Waals surface area contributed by atoms with Crippen LogP contribution >= 0.6 is 0 Å². The second kappa shape index (κ2) is 6.56. The van der Waals surface area contributed by atoms with Crippen molar-refractivity contribution in [1.29, 1.82) is 0 Å². The number of ether oxygens (including phenoxy) is 1. The summed E-state index contributed by atoms with van der Waals surface area (Å²) in [6, 6.07) is 6.46. The topological polar surface area (TPSA) is 55.8 Å². The second-order valence-corrected chi connectivity index (χ2v) is 6.89. The number of benzene rings is 1. The summed E-state index contributed by atoms with van der Waals surface area (Å²) in [6.07, 6.45) is 2.78. The van der Waals surface area contributed by atoms with Crippen LogP contribution in [0, 0.1) is 0 Å². The monoisotopic (exact) mass is 299 g/mol. The van der Waals surface area contributed by atoms with Crippen molar-refractivity contribution in [3.05, 3.63) is 24.3 Å². The van der Waals surface area contributed by atoms with Gasteiger partial charge in [-0.2, -0.15) is 0 Å². The third-order valence-corrected chi connectivity index (χ3v) is 4.67. The number of nitrogens with zero attached hydrogens (tertiary/aromatic N) is 1. The molecule has 0 bridgehead atoms. The Hall–Kier alpha value is -1.11. The minimum Gasteiger partial charge on any atom is -0.491 e. The summed E-state index contributed by atoms with van der Waals surface area (Å²) in [5, 5.41) is 0. The highest BCUT2D eigenvalue weighted by atomic mass is 32.2. The molecule has 1 aliphatic rings. The van der Waals surface area contributed by atoms with E-state index in [1.54, 1.807) is 24.3 Å². The van der Waals surface area contributed by atoms with Gasteiger partial charge in [0.15, 0.2) is 0 Å². The van der Waals surface area contributed by atoms with Gasteiger partial charge in [-0.05, 0) is 57.4 Å². The molecule has 20 heavy (non-hydrogen) atoms. The van der Waals surface area contributed by atoms with E-state index in [1.165, 1.54) is 0 Å². The van der Waals surface area contributed by atoms with Crippen LogP contribution in [0.3, 0.4) is 0 Å². The van der Waals surface area contributed by atoms with E-state index >= 15 is 0 Å². The fourth-order valence-corrected chi connectivity index (χ4v) is 3.32. The molecule has 0 saturated carbocycles. The van der Waals surface area contributed by atoms with Crippen LogP contribution in [0.4, 0.5) is 0 Å². The summed E-state index contributed by atoms with van der Waals surface area (Å²) in [7, 11) is -3.58. The van der Waals surface area contributed by atoms with E-state index in [0.717, 1.165) is 23.7 Å². The van der Waals surface area contributed by atoms with Gasteiger partial charge < -0.3 is 4.74 Å². The molecule has 0 aliphatic carbocycles. The lowest BCUT2D eigenvalue weighted by atomic mass is 10.2. The molecule has 6 heteroatoms. The van der Waals surface area contributed by atoms with Crippen LogP contribution in [0.2, 0.25) is 0 Å². The van der Waals surface area contributed by atoms with E-state index in [1.807, 2.05) is 13.8 Å². The van der Waals surface area contributed by atoms with Crippen molar-refractivity contribution in [3.8, 4) is 5.75 Å². The van der Waals surface area contributed by atoms with Crippen LogP contribution in [-0.4, -0.2) is 32.1 Å². The maximum absolute atomic E-state index is 12.4. The number of hydroxylamine groups is 1. The van der Waals surface area contributed by atoms with Crippen molar-refractivity contribution in [2.24, 2.45) is 0 Å². The molecule has 5 nitrogen and oxygen atoms in total. The first kappa shape index (κ1) is 15.3. The molecule has 1 saturated heterocycles. The molecule has 1 heterocycles. The summed E-state index contributed by atoms with van der Waals surface area (Å²) in [4.78, 5) is 5.56. The molecule has 0 unspecified atom stereocenters. The Balaban J connectivity index is 2.16. The van der Waals surface area contributed by atoms with Crippen LogP contribution in [0.5, 0.6) is 5.75 Å². The van der Waals surface area contributed by atoms with Crippen LogP contribution in [0.1, 0.15) is 33.1 Å². The van der Waals surface area contributed by atoms with Crippen LogP contribution < -0.4 is 4.74 Å². The lowest BCUT2D eigenvalue weighted by Crippen LogP contribution is -2.31. The minimum atomic E-state index is -3.58. The Morgan fingerprint density at radius 1 is 1.15 bits per heavy atom. The van der Waals surface area contributed by atoms with Crippen molar-refractivity contribution in [1.82, 2.24) is 4.47 Å². The first-order valence-corrected chi connectivity index (χ1v) is 8.36. The number of sulfonamides is 1. The Morgan fingerprint density at radius 2 is 1.85 bits per heavy atom. The first-order chi connectivity index (χ1) is 9.50. The van der Waals surface area contributed by atoms with Gasteiger partial charge in [-0.25, -0.2) is 8.42 Å². The molecule has 1 aliphatic heterocycles. The van der Waals surface area contributed by atoms with E-state index < -0.39 is 10.0 Å². The average molecular weight is 299 g/mol. The zero-order chi connectivity index (χ0) is 14.6. The van der Waals surface area contributed by atoms with Gasteiger partial charge in [-0.15, -0.1) is 0 Å². The zero-order valence-electron chi connectivity index (χ0n) is 11.9. The highest BCUT2D eigenvalue weighted by Gasteiger charge is 2.26. The van der Waals surface area contributed by atoms with Gasteiger partial charge in [0.2, 0.25) is 0 Å².